The first kappa shape index (κ1) is 15.2. The molecule has 2 aliphatic rings. The summed E-state index contributed by atoms with van der Waals surface area (Å²) in [6.07, 6.45) is 6.74. The van der Waals surface area contributed by atoms with Gasteiger partial charge in [0.2, 0.25) is 5.91 Å². The van der Waals surface area contributed by atoms with Gasteiger partial charge in [0.25, 0.3) is 0 Å². The molecule has 110 valence electrons. The molecule has 0 aromatic carbocycles. The quantitative estimate of drug-likeness (QED) is 0.775. The molecule has 0 aliphatic carbocycles. The number of hydrogen-bond donors (Lipinski definition) is 0. The van der Waals surface area contributed by atoms with Crippen molar-refractivity contribution in [2.45, 2.75) is 51.5 Å². The summed E-state index contributed by atoms with van der Waals surface area (Å²) in [4.78, 5) is 17.1. The second-order valence-corrected chi connectivity index (χ2v) is 6.93. The van der Waals surface area contributed by atoms with Crippen LogP contribution in [0.5, 0.6) is 0 Å². The van der Waals surface area contributed by atoms with Crippen molar-refractivity contribution in [1.82, 2.24) is 9.80 Å². The Hall–Kier alpha value is -0.220. The summed E-state index contributed by atoms with van der Waals surface area (Å²) in [5.41, 5.74) is 0. The lowest BCUT2D eigenvalue weighted by Crippen LogP contribution is -2.47. The van der Waals surface area contributed by atoms with E-state index in [4.69, 9.17) is 0 Å². The molecule has 0 spiro atoms. The van der Waals surface area contributed by atoms with Crippen molar-refractivity contribution < 1.29 is 4.79 Å². The fraction of sp³-hybridized carbons (Fsp3) is 0.933. The molecule has 0 bridgehead atoms. The molecule has 2 rings (SSSR count). The maximum absolute atomic E-state index is 12.4. The Morgan fingerprint density at radius 1 is 1.21 bits per heavy atom. The second kappa shape index (κ2) is 8.15. The van der Waals surface area contributed by atoms with Gasteiger partial charge in [-0.2, -0.15) is 11.8 Å². The normalized spacial score (nSPS) is 25.5. The van der Waals surface area contributed by atoms with E-state index in [1.165, 1.54) is 38.1 Å². The van der Waals surface area contributed by atoms with Crippen LogP contribution in [0.1, 0.15) is 45.4 Å². The molecule has 2 heterocycles. The van der Waals surface area contributed by atoms with Gasteiger partial charge in [-0.1, -0.05) is 13.3 Å². The van der Waals surface area contributed by atoms with Gasteiger partial charge in [-0.3, -0.25) is 4.79 Å². The lowest BCUT2D eigenvalue weighted by Gasteiger charge is -2.32. The molecule has 0 aromatic heterocycles. The van der Waals surface area contributed by atoms with E-state index in [-0.39, 0.29) is 0 Å². The van der Waals surface area contributed by atoms with Crippen LogP contribution in [0.2, 0.25) is 0 Å². The number of thioether (sulfide) groups is 1. The third-order valence-electron chi connectivity index (χ3n) is 4.17. The number of hydrogen-bond acceptors (Lipinski definition) is 3. The fourth-order valence-electron chi connectivity index (χ4n) is 3.04. The zero-order valence-electron chi connectivity index (χ0n) is 12.3. The SMILES string of the molecule is CCCCC(=O)N1CCCSCC1CN1CCCC1. The Morgan fingerprint density at radius 3 is 2.74 bits per heavy atom. The van der Waals surface area contributed by atoms with Gasteiger partial charge < -0.3 is 9.80 Å². The molecule has 1 atom stereocenters. The molecule has 4 heteroatoms. The zero-order valence-corrected chi connectivity index (χ0v) is 13.1. The van der Waals surface area contributed by atoms with Crippen LogP contribution in [0.15, 0.2) is 0 Å². The predicted octanol–water partition coefficient (Wildman–Crippen LogP) is 2.61. The van der Waals surface area contributed by atoms with Crippen LogP contribution < -0.4 is 0 Å². The minimum Gasteiger partial charge on any atom is -0.338 e. The summed E-state index contributed by atoms with van der Waals surface area (Å²) in [6.45, 7) is 6.71. The summed E-state index contributed by atoms with van der Waals surface area (Å²) in [7, 11) is 0. The van der Waals surface area contributed by atoms with Gasteiger partial charge in [-0.15, -0.1) is 0 Å². The number of likely N-dealkylation sites (tertiary alicyclic amines) is 1. The maximum atomic E-state index is 12.4. The molecule has 3 nitrogen and oxygen atoms in total. The molecule has 19 heavy (non-hydrogen) atoms. The Bertz CT molecular complexity index is 279. The number of carbonyl (C=O) groups excluding carboxylic acids is 1. The highest BCUT2D eigenvalue weighted by atomic mass is 32.2. The van der Waals surface area contributed by atoms with Crippen LogP contribution in [-0.2, 0) is 4.79 Å². The monoisotopic (exact) mass is 284 g/mol. The van der Waals surface area contributed by atoms with E-state index >= 15 is 0 Å². The van der Waals surface area contributed by atoms with Gasteiger partial charge in [0, 0.05) is 25.3 Å². The Morgan fingerprint density at radius 2 is 2.00 bits per heavy atom. The van der Waals surface area contributed by atoms with E-state index in [1.54, 1.807) is 0 Å². The van der Waals surface area contributed by atoms with Crippen molar-refractivity contribution in [2.75, 3.05) is 37.7 Å². The predicted molar refractivity (Wildman–Crippen MR) is 82.6 cm³/mol. The number of amides is 1. The van der Waals surface area contributed by atoms with Crippen molar-refractivity contribution in [1.29, 1.82) is 0 Å². The van der Waals surface area contributed by atoms with E-state index in [2.05, 4.69) is 16.7 Å². The second-order valence-electron chi connectivity index (χ2n) is 5.78. The minimum atomic E-state index is 0.397. The zero-order chi connectivity index (χ0) is 13.5. The highest BCUT2D eigenvalue weighted by Crippen LogP contribution is 2.20. The van der Waals surface area contributed by atoms with Crippen LogP contribution in [0.4, 0.5) is 0 Å². The molecule has 1 amide bonds. The summed E-state index contributed by atoms with van der Waals surface area (Å²) in [5.74, 6) is 2.75. The standard InChI is InChI=1S/C15H28N2OS/c1-2-3-7-15(18)17-10-6-11-19-13-14(17)12-16-8-4-5-9-16/h14H,2-13H2,1H3. The molecule has 2 fully saturated rings. The van der Waals surface area contributed by atoms with Gasteiger partial charge in [-0.25, -0.2) is 0 Å². The molecule has 2 saturated heterocycles. The third kappa shape index (κ3) is 4.67. The lowest BCUT2D eigenvalue weighted by molar-refractivity contribution is -0.133. The van der Waals surface area contributed by atoms with Gasteiger partial charge in [-0.05, 0) is 44.5 Å². The molecule has 0 radical (unpaired) electrons. The first-order valence-corrected chi connectivity index (χ1v) is 9.06. The highest BCUT2D eigenvalue weighted by molar-refractivity contribution is 7.99. The first-order valence-electron chi connectivity index (χ1n) is 7.91. The van der Waals surface area contributed by atoms with E-state index in [9.17, 15) is 4.79 Å². The summed E-state index contributed by atoms with van der Waals surface area (Å²) in [5, 5.41) is 0. The van der Waals surface area contributed by atoms with Crippen molar-refractivity contribution in [3.05, 3.63) is 0 Å². The molecular weight excluding hydrogens is 256 g/mol. The Kier molecular flexibility index (Phi) is 6.51. The van der Waals surface area contributed by atoms with Crippen molar-refractivity contribution in [3.63, 3.8) is 0 Å². The average molecular weight is 284 g/mol. The van der Waals surface area contributed by atoms with E-state index in [1.807, 2.05) is 11.8 Å². The van der Waals surface area contributed by atoms with Gasteiger partial charge in [0.1, 0.15) is 0 Å². The smallest absolute Gasteiger partial charge is 0.222 e. The summed E-state index contributed by atoms with van der Waals surface area (Å²) < 4.78 is 0. The average Bonchev–Trinajstić information content (AvgIpc) is 2.81. The lowest BCUT2D eigenvalue weighted by atomic mass is 10.2. The Labute approximate surface area is 122 Å². The van der Waals surface area contributed by atoms with Crippen molar-refractivity contribution in [2.24, 2.45) is 0 Å². The number of nitrogens with zero attached hydrogens (tertiary/aromatic N) is 2. The van der Waals surface area contributed by atoms with Crippen molar-refractivity contribution >= 4 is 17.7 Å². The molecule has 1 unspecified atom stereocenters. The Balaban J connectivity index is 1.91. The number of rotatable bonds is 5. The topological polar surface area (TPSA) is 23.6 Å². The number of unbranched alkanes of at least 4 members (excludes halogenated alkanes) is 1. The van der Waals surface area contributed by atoms with Crippen LogP contribution in [-0.4, -0.2) is 59.4 Å². The first-order chi connectivity index (χ1) is 9.31. The summed E-state index contributed by atoms with van der Waals surface area (Å²) in [6, 6.07) is 0.454. The van der Waals surface area contributed by atoms with Crippen LogP contribution in [0.3, 0.4) is 0 Å². The molecule has 0 N–H and O–H groups in total. The van der Waals surface area contributed by atoms with Crippen LogP contribution in [0.25, 0.3) is 0 Å². The van der Waals surface area contributed by atoms with E-state index in [0.717, 1.165) is 38.1 Å². The van der Waals surface area contributed by atoms with Gasteiger partial charge in [0.15, 0.2) is 0 Å². The maximum Gasteiger partial charge on any atom is 0.222 e. The van der Waals surface area contributed by atoms with Crippen LogP contribution in [0, 0.1) is 0 Å². The van der Waals surface area contributed by atoms with Crippen molar-refractivity contribution in [3.8, 4) is 0 Å². The third-order valence-corrected chi connectivity index (χ3v) is 5.37. The van der Waals surface area contributed by atoms with Gasteiger partial charge in [0.05, 0.1) is 6.04 Å². The molecule has 2 aliphatic heterocycles. The molecule has 0 aromatic rings. The summed E-state index contributed by atoms with van der Waals surface area (Å²) >= 11 is 2.03. The van der Waals surface area contributed by atoms with Gasteiger partial charge >= 0.3 is 0 Å². The van der Waals surface area contributed by atoms with E-state index in [0.29, 0.717) is 11.9 Å². The van der Waals surface area contributed by atoms with E-state index < -0.39 is 0 Å². The fourth-order valence-corrected chi connectivity index (χ4v) is 4.10. The molecular formula is C15H28N2OS. The van der Waals surface area contributed by atoms with Crippen LogP contribution >= 0.6 is 11.8 Å². The molecule has 0 saturated carbocycles. The minimum absolute atomic E-state index is 0.397. The largest absolute Gasteiger partial charge is 0.338 e. The number of carbonyl (C=O) groups is 1. The highest BCUT2D eigenvalue weighted by Gasteiger charge is 2.27.